The van der Waals surface area contributed by atoms with Crippen molar-refractivity contribution in [2.24, 2.45) is 11.7 Å². The molecule has 0 radical (unpaired) electrons. The Morgan fingerprint density at radius 3 is 2.58 bits per heavy atom. The summed E-state index contributed by atoms with van der Waals surface area (Å²) in [5, 5.41) is 1.11. The third-order valence-corrected chi connectivity index (χ3v) is 4.94. The van der Waals surface area contributed by atoms with Gasteiger partial charge in [0.05, 0.1) is 11.7 Å². The lowest BCUT2D eigenvalue weighted by Gasteiger charge is -2.04. The zero-order valence-electron chi connectivity index (χ0n) is 11.5. The van der Waals surface area contributed by atoms with Crippen molar-refractivity contribution in [2.75, 3.05) is 0 Å². The zero-order valence-corrected chi connectivity index (χ0v) is 12.3. The van der Waals surface area contributed by atoms with E-state index >= 15 is 0 Å². The van der Waals surface area contributed by atoms with Crippen LogP contribution in [-0.4, -0.2) is 4.98 Å². The molecule has 3 heteroatoms. The number of rotatable bonds is 4. The molecule has 2 N–H and O–H groups in total. The van der Waals surface area contributed by atoms with Gasteiger partial charge in [-0.2, -0.15) is 0 Å². The Labute approximate surface area is 118 Å². The van der Waals surface area contributed by atoms with Crippen LogP contribution in [0, 0.1) is 12.8 Å². The first kappa shape index (κ1) is 12.8. The van der Waals surface area contributed by atoms with Crippen molar-refractivity contribution < 1.29 is 0 Å². The molecule has 1 saturated carbocycles. The smallest absolute Gasteiger partial charge is 0.111 e. The lowest BCUT2D eigenvalue weighted by molar-refractivity contribution is 0.629. The Morgan fingerprint density at radius 2 is 2.00 bits per heavy atom. The van der Waals surface area contributed by atoms with Gasteiger partial charge in [-0.3, -0.25) is 0 Å². The predicted molar refractivity (Wildman–Crippen MR) is 81.3 cm³/mol. The van der Waals surface area contributed by atoms with Crippen LogP contribution in [0.1, 0.15) is 41.3 Å². The minimum atomic E-state index is 0.146. The highest BCUT2D eigenvalue weighted by Gasteiger charge is 2.31. The summed E-state index contributed by atoms with van der Waals surface area (Å²) in [5.41, 5.74) is 9.94. The van der Waals surface area contributed by atoms with Gasteiger partial charge in [0, 0.05) is 10.4 Å². The summed E-state index contributed by atoms with van der Waals surface area (Å²) in [6.45, 7) is 4.32. The molecule has 0 spiro atoms. The summed E-state index contributed by atoms with van der Waals surface area (Å²) < 4.78 is 0. The predicted octanol–water partition coefficient (Wildman–Crippen LogP) is 4.09. The molecular formula is C16H20N2S. The average Bonchev–Trinajstić information content (AvgIpc) is 3.21. The Hall–Kier alpha value is -1.19. The number of thiazole rings is 1. The summed E-state index contributed by atoms with van der Waals surface area (Å²) in [5.74, 6) is 0.667. The molecule has 1 aliphatic carbocycles. The minimum absolute atomic E-state index is 0.146. The van der Waals surface area contributed by atoms with Crippen molar-refractivity contribution in [1.29, 1.82) is 0 Å². The van der Waals surface area contributed by atoms with Crippen molar-refractivity contribution in [1.82, 2.24) is 4.98 Å². The molecule has 1 fully saturated rings. The van der Waals surface area contributed by atoms with Crippen molar-refractivity contribution >= 4 is 11.3 Å². The van der Waals surface area contributed by atoms with Crippen molar-refractivity contribution in [2.45, 2.75) is 39.2 Å². The molecule has 1 aromatic heterocycles. The molecule has 0 amide bonds. The van der Waals surface area contributed by atoms with Gasteiger partial charge in [-0.15, -0.1) is 11.3 Å². The standard InChI is InChI=1S/C16H20N2S/c1-3-11-4-6-13(7-5-11)15-10(2)19-16(18-15)14(17)12-8-9-12/h4-7,12,14H,3,8-9,17H2,1-2H3. The number of nitrogens with two attached hydrogens (primary N) is 1. The summed E-state index contributed by atoms with van der Waals surface area (Å²) in [6, 6.07) is 8.87. The van der Waals surface area contributed by atoms with Gasteiger partial charge in [0.2, 0.25) is 0 Å². The van der Waals surface area contributed by atoms with Crippen LogP contribution in [-0.2, 0) is 6.42 Å². The fourth-order valence-corrected chi connectivity index (χ4v) is 3.42. The maximum absolute atomic E-state index is 6.25. The van der Waals surface area contributed by atoms with E-state index in [1.54, 1.807) is 11.3 Å². The normalized spacial score (nSPS) is 16.6. The van der Waals surface area contributed by atoms with E-state index < -0.39 is 0 Å². The van der Waals surface area contributed by atoms with E-state index in [2.05, 4.69) is 38.1 Å². The maximum Gasteiger partial charge on any atom is 0.111 e. The van der Waals surface area contributed by atoms with E-state index in [1.807, 2.05) is 0 Å². The molecule has 1 atom stereocenters. The number of aromatic nitrogens is 1. The average molecular weight is 272 g/mol. The number of aryl methyl sites for hydroxylation is 2. The molecule has 1 heterocycles. The molecule has 0 bridgehead atoms. The fraction of sp³-hybridized carbons (Fsp3) is 0.438. The topological polar surface area (TPSA) is 38.9 Å². The van der Waals surface area contributed by atoms with Crippen LogP contribution in [0.5, 0.6) is 0 Å². The second kappa shape index (κ2) is 5.06. The molecule has 0 aliphatic heterocycles. The first-order valence-electron chi connectivity index (χ1n) is 7.01. The van der Waals surface area contributed by atoms with Gasteiger partial charge >= 0.3 is 0 Å². The summed E-state index contributed by atoms with van der Waals surface area (Å²) >= 11 is 1.76. The van der Waals surface area contributed by atoms with Crippen LogP contribution in [0.25, 0.3) is 11.3 Å². The van der Waals surface area contributed by atoms with Crippen LogP contribution >= 0.6 is 11.3 Å². The van der Waals surface area contributed by atoms with Crippen molar-refractivity contribution in [3.05, 3.63) is 39.7 Å². The van der Waals surface area contributed by atoms with Crippen LogP contribution in [0.15, 0.2) is 24.3 Å². The molecular weight excluding hydrogens is 252 g/mol. The van der Waals surface area contributed by atoms with Gasteiger partial charge < -0.3 is 5.73 Å². The van der Waals surface area contributed by atoms with Gasteiger partial charge in [-0.25, -0.2) is 4.98 Å². The van der Waals surface area contributed by atoms with E-state index in [4.69, 9.17) is 10.7 Å². The van der Waals surface area contributed by atoms with Gasteiger partial charge in [0.15, 0.2) is 0 Å². The molecule has 2 nitrogen and oxygen atoms in total. The third-order valence-electron chi connectivity index (χ3n) is 3.86. The molecule has 100 valence electrons. The van der Waals surface area contributed by atoms with Gasteiger partial charge in [-0.1, -0.05) is 31.2 Å². The molecule has 2 aromatic rings. The summed E-state index contributed by atoms with van der Waals surface area (Å²) in [6.07, 6.45) is 3.61. The van der Waals surface area contributed by atoms with Crippen molar-refractivity contribution in [3.63, 3.8) is 0 Å². The summed E-state index contributed by atoms with van der Waals surface area (Å²) in [4.78, 5) is 6.06. The summed E-state index contributed by atoms with van der Waals surface area (Å²) in [7, 11) is 0. The lowest BCUT2D eigenvalue weighted by atomic mass is 10.1. The van der Waals surface area contributed by atoms with E-state index in [9.17, 15) is 0 Å². The molecule has 0 saturated heterocycles. The largest absolute Gasteiger partial charge is 0.322 e. The Morgan fingerprint density at radius 1 is 1.32 bits per heavy atom. The Bertz CT molecular complexity index is 567. The SMILES string of the molecule is CCc1ccc(-c2nc(C(N)C3CC3)sc2C)cc1. The van der Waals surface area contributed by atoms with E-state index in [0.29, 0.717) is 5.92 Å². The number of benzene rings is 1. The highest BCUT2D eigenvalue weighted by atomic mass is 32.1. The third kappa shape index (κ3) is 2.58. The van der Waals surface area contributed by atoms with Crippen LogP contribution in [0.4, 0.5) is 0 Å². The second-order valence-corrected chi connectivity index (χ2v) is 6.61. The highest BCUT2D eigenvalue weighted by Crippen LogP contribution is 2.42. The monoisotopic (exact) mass is 272 g/mol. The number of hydrogen-bond donors (Lipinski definition) is 1. The Balaban J connectivity index is 1.90. The van der Waals surface area contributed by atoms with E-state index in [0.717, 1.165) is 17.1 Å². The lowest BCUT2D eigenvalue weighted by Crippen LogP contribution is -2.11. The maximum atomic E-state index is 6.25. The number of hydrogen-bond acceptors (Lipinski definition) is 3. The van der Waals surface area contributed by atoms with E-state index in [-0.39, 0.29) is 6.04 Å². The first-order chi connectivity index (χ1) is 9.19. The number of nitrogens with zero attached hydrogens (tertiary/aromatic N) is 1. The molecule has 3 rings (SSSR count). The second-order valence-electron chi connectivity index (χ2n) is 5.37. The van der Waals surface area contributed by atoms with Gasteiger partial charge in [0.25, 0.3) is 0 Å². The van der Waals surface area contributed by atoms with Gasteiger partial charge in [-0.05, 0) is 37.7 Å². The quantitative estimate of drug-likeness (QED) is 0.910. The molecule has 1 aromatic carbocycles. The van der Waals surface area contributed by atoms with Crippen LogP contribution in [0.2, 0.25) is 0 Å². The fourth-order valence-electron chi connectivity index (χ4n) is 2.38. The van der Waals surface area contributed by atoms with Crippen LogP contribution in [0.3, 0.4) is 0 Å². The molecule has 19 heavy (non-hydrogen) atoms. The van der Waals surface area contributed by atoms with Crippen LogP contribution < -0.4 is 5.73 Å². The first-order valence-corrected chi connectivity index (χ1v) is 7.83. The molecule has 1 aliphatic rings. The highest BCUT2D eigenvalue weighted by molar-refractivity contribution is 7.12. The Kier molecular flexibility index (Phi) is 3.42. The zero-order chi connectivity index (χ0) is 13.4. The van der Waals surface area contributed by atoms with E-state index in [1.165, 1.54) is 28.8 Å². The molecule has 1 unspecified atom stereocenters. The van der Waals surface area contributed by atoms with Crippen molar-refractivity contribution in [3.8, 4) is 11.3 Å². The van der Waals surface area contributed by atoms with Gasteiger partial charge in [0.1, 0.15) is 5.01 Å². The minimum Gasteiger partial charge on any atom is -0.322 e.